The van der Waals surface area contributed by atoms with Gasteiger partial charge in [0, 0.05) is 5.92 Å². The van der Waals surface area contributed by atoms with Gasteiger partial charge in [0.15, 0.2) is 10.1 Å². The Balaban J connectivity index is 1.21. The van der Waals surface area contributed by atoms with Gasteiger partial charge >= 0.3 is 23.4 Å². The maximum absolute atomic E-state index is 14.0. The van der Waals surface area contributed by atoms with Gasteiger partial charge in [-0.05, 0) is 93.3 Å². The molecule has 7 unspecified atom stereocenters. The predicted molar refractivity (Wildman–Crippen MR) is 112 cm³/mol. The first-order valence-corrected chi connectivity index (χ1v) is 14.3. The highest BCUT2D eigenvalue weighted by Crippen LogP contribution is 2.65. The summed E-state index contributed by atoms with van der Waals surface area (Å²) in [6.07, 6.45) is -4.12. The first-order valence-electron chi connectivity index (χ1n) is 12.9. The second-order valence-electron chi connectivity index (χ2n) is 12.4. The fourth-order valence-corrected chi connectivity index (χ4v) is 10.00. The summed E-state index contributed by atoms with van der Waals surface area (Å²) in [6, 6.07) is 0. The largest absolute Gasteiger partial charge is 0.743 e. The third-order valence-electron chi connectivity index (χ3n) is 10.4. The van der Waals surface area contributed by atoms with Crippen molar-refractivity contribution >= 4 is 22.1 Å². The van der Waals surface area contributed by atoms with Crippen molar-refractivity contribution in [2.45, 2.75) is 81.4 Å². The molecule has 0 amide bonds. The number of rotatable bonds is 6. The van der Waals surface area contributed by atoms with E-state index in [0.29, 0.717) is 37.0 Å². The fourth-order valence-electron chi connectivity index (χ4n) is 9.55. The van der Waals surface area contributed by atoms with Crippen LogP contribution in [-0.2, 0) is 29.2 Å². The van der Waals surface area contributed by atoms with Crippen LogP contribution in [-0.4, -0.2) is 48.5 Å². The molecule has 0 aromatic heterocycles. The zero-order valence-electron chi connectivity index (χ0n) is 19.8. The molecule has 7 aliphatic rings. The van der Waals surface area contributed by atoms with Gasteiger partial charge in [-0.25, -0.2) is 8.42 Å². The molecule has 0 aliphatic heterocycles. The Kier molecular flexibility index (Phi) is 5.58. The molecule has 0 heterocycles. The Bertz CT molecular complexity index is 1070. The number of carbonyl (C=O) groups excluding carboxylic acids is 2. The molecule has 7 fully saturated rings. The minimum absolute atomic E-state index is 0.0567. The number of esters is 2. The van der Waals surface area contributed by atoms with E-state index in [1.165, 1.54) is 0 Å². The number of ether oxygens (including phenoxy) is 2. The zero-order chi connectivity index (χ0) is 26.7. The molecule has 6 bridgehead atoms. The lowest BCUT2D eigenvalue weighted by molar-refractivity contribution is -0.262. The quantitative estimate of drug-likeness (QED) is 0.277. The van der Waals surface area contributed by atoms with Crippen LogP contribution in [0.3, 0.4) is 0 Å². The number of fused-ring (bicyclic) bond motifs is 1. The van der Waals surface area contributed by atoms with Crippen molar-refractivity contribution in [3.63, 3.8) is 0 Å². The van der Waals surface area contributed by atoms with Crippen LogP contribution in [0.25, 0.3) is 0 Å². The van der Waals surface area contributed by atoms with E-state index in [-0.39, 0.29) is 17.8 Å². The highest BCUT2D eigenvalue weighted by molar-refractivity contribution is 7.86. The normalized spacial score (nSPS) is 44.8. The first-order chi connectivity index (χ1) is 17.1. The average Bonchev–Trinajstić information content (AvgIpc) is 3.38. The Labute approximate surface area is 210 Å². The van der Waals surface area contributed by atoms with Gasteiger partial charge < -0.3 is 14.0 Å². The molecule has 0 N–H and O–H groups in total. The highest BCUT2D eigenvalue weighted by atomic mass is 32.2. The number of halogens is 5. The minimum atomic E-state index is -6.77. The molecule has 208 valence electrons. The molecule has 0 aromatic carbocycles. The van der Waals surface area contributed by atoms with Gasteiger partial charge in [0.1, 0.15) is 6.10 Å². The van der Waals surface area contributed by atoms with Gasteiger partial charge in [0.25, 0.3) is 6.10 Å². The van der Waals surface area contributed by atoms with E-state index >= 15 is 0 Å². The molecule has 0 radical (unpaired) electrons. The van der Waals surface area contributed by atoms with Crippen LogP contribution in [0, 0.1) is 52.8 Å². The van der Waals surface area contributed by atoms with Crippen LogP contribution >= 0.6 is 0 Å². The van der Waals surface area contributed by atoms with Crippen LogP contribution in [0.15, 0.2) is 0 Å². The maximum Gasteiger partial charge on any atom is 0.432 e. The van der Waals surface area contributed by atoms with Gasteiger partial charge in [0.2, 0.25) is 0 Å². The zero-order valence-corrected chi connectivity index (χ0v) is 20.6. The van der Waals surface area contributed by atoms with Crippen LogP contribution in [0.5, 0.6) is 0 Å². The van der Waals surface area contributed by atoms with Crippen LogP contribution in [0.2, 0.25) is 0 Å². The van der Waals surface area contributed by atoms with Gasteiger partial charge in [0.05, 0.1) is 11.3 Å². The summed E-state index contributed by atoms with van der Waals surface area (Å²) >= 11 is 0. The summed E-state index contributed by atoms with van der Waals surface area (Å²) in [5.74, 6) is -3.04. The van der Waals surface area contributed by atoms with Gasteiger partial charge in [-0.15, -0.1) is 0 Å². The lowest BCUT2D eigenvalue weighted by atomic mass is 9.49. The lowest BCUT2D eigenvalue weighted by Gasteiger charge is -2.55. The fraction of sp³-hybridized carbons (Fsp3) is 0.917. The lowest BCUT2D eigenvalue weighted by Crippen LogP contribution is -2.54. The molecule has 7 rings (SSSR count). The molecule has 0 saturated heterocycles. The van der Waals surface area contributed by atoms with Crippen molar-refractivity contribution in [2.75, 3.05) is 0 Å². The van der Waals surface area contributed by atoms with E-state index in [9.17, 15) is 44.5 Å². The van der Waals surface area contributed by atoms with E-state index < -0.39 is 62.9 Å². The first kappa shape index (κ1) is 25.8. The minimum Gasteiger partial charge on any atom is -0.743 e. The number of alkyl halides is 5. The summed E-state index contributed by atoms with van der Waals surface area (Å²) in [7, 11) is -6.77. The Morgan fingerprint density at radius 1 is 0.838 bits per heavy atom. The van der Waals surface area contributed by atoms with Crippen molar-refractivity contribution in [3.05, 3.63) is 0 Å². The third-order valence-corrected chi connectivity index (χ3v) is 11.3. The molecule has 7 saturated carbocycles. The summed E-state index contributed by atoms with van der Waals surface area (Å²) in [6.45, 7) is 0. The Hall–Kier alpha value is -1.50. The van der Waals surface area contributed by atoms with Crippen molar-refractivity contribution in [2.24, 2.45) is 52.8 Å². The Morgan fingerprint density at radius 2 is 1.38 bits per heavy atom. The molecule has 7 nitrogen and oxygen atoms in total. The van der Waals surface area contributed by atoms with E-state index in [1.807, 2.05) is 0 Å². The van der Waals surface area contributed by atoms with Gasteiger partial charge in [-0.2, -0.15) is 22.0 Å². The third kappa shape index (κ3) is 3.83. The van der Waals surface area contributed by atoms with Crippen LogP contribution in [0.1, 0.15) is 57.8 Å². The SMILES string of the molecule is O=C(OC(C(F)(F)F)C(F)(F)S(=O)(=O)[O-])C1C2CCC3C2CC1C3OC(=O)C12CC3CC(CC(C3)C1)C2. The second-order valence-corrected chi connectivity index (χ2v) is 13.9. The smallest absolute Gasteiger partial charge is 0.432 e. The predicted octanol–water partition coefficient (Wildman–Crippen LogP) is 4.02. The summed E-state index contributed by atoms with van der Waals surface area (Å²) < 4.78 is 111. The number of carbonyl (C=O) groups is 2. The molecule has 7 aliphatic carbocycles. The monoisotopic (exact) mass is 555 g/mol. The van der Waals surface area contributed by atoms with Gasteiger partial charge in [-0.3, -0.25) is 9.59 Å². The van der Waals surface area contributed by atoms with Crippen molar-refractivity contribution in [3.8, 4) is 0 Å². The van der Waals surface area contributed by atoms with Crippen LogP contribution < -0.4 is 0 Å². The number of hydrogen-bond acceptors (Lipinski definition) is 7. The summed E-state index contributed by atoms with van der Waals surface area (Å²) in [4.78, 5) is 26.5. The molecular formula is C24H28F5O7S-. The van der Waals surface area contributed by atoms with E-state index in [4.69, 9.17) is 4.74 Å². The van der Waals surface area contributed by atoms with Crippen LogP contribution in [0.4, 0.5) is 22.0 Å². The van der Waals surface area contributed by atoms with Crippen molar-refractivity contribution in [1.82, 2.24) is 0 Å². The molecule has 7 atom stereocenters. The molecule has 0 spiro atoms. The molecule has 37 heavy (non-hydrogen) atoms. The number of hydrogen-bond donors (Lipinski definition) is 0. The summed E-state index contributed by atoms with van der Waals surface area (Å²) in [5.41, 5.74) is -0.573. The molecule has 0 aromatic rings. The van der Waals surface area contributed by atoms with Crippen molar-refractivity contribution < 1.29 is 54.0 Å². The van der Waals surface area contributed by atoms with E-state index in [1.54, 1.807) is 0 Å². The maximum atomic E-state index is 14.0. The van der Waals surface area contributed by atoms with Crippen molar-refractivity contribution in [1.29, 1.82) is 0 Å². The molecular weight excluding hydrogens is 527 g/mol. The standard InChI is InChI=1S/C24H29F5O7S/c25-23(26,27)20(24(28,29)37(32,33)34)36-19(30)17-13-1-2-14-15(13)6-16(17)18(14)35-21(31)22-7-10-3-11(8-22)5-12(4-10)9-22/h10-18,20H,1-9H2,(H,32,33,34)/p-1. The van der Waals surface area contributed by atoms with Gasteiger partial charge in [-0.1, -0.05) is 0 Å². The summed E-state index contributed by atoms with van der Waals surface area (Å²) in [5, 5.41) is -5.89. The van der Waals surface area contributed by atoms with E-state index in [2.05, 4.69) is 4.74 Å². The topological polar surface area (TPSA) is 110 Å². The average molecular weight is 556 g/mol. The van der Waals surface area contributed by atoms with E-state index in [0.717, 1.165) is 38.5 Å². The second kappa shape index (κ2) is 8.02. The Morgan fingerprint density at radius 3 is 1.89 bits per heavy atom. The highest BCUT2D eigenvalue weighted by Gasteiger charge is 2.68. The molecule has 13 heteroatoms.